The van der Waals surface area contributed by atoms with E-state index in [1.807, 2.05) is 7.05 Å². The summed E-state index contributed by atoms with van der Waals surface area (Å²) in [6.45, 7) is 17.0. The molecule has 0 bridgehead atoms. The van der Waals surface area contributed by atoms with Crippen molar-refractivity contribution in [2.75, 3.05) is 59.8 Å². The average molecular weight is 1110 g/mol. The van der Waals surface area contributed by atoms with Gasteiger partial charge in [0.2, 0.25) is 11.8 Å². The summed E-state index contributed by atoms with van der Waals surface area (Å²) < 4.78 is 30.1. The monoisotopic (exact) mass is 1110 g/mol. The molecule has 2 fully saturated rings. The van der Waals surface area contributed by atoms with Crippen molar-refractivity contribution in [3.05, 3.63) is 0 Å². The fourth-order valence-corrected chi connectivity index (χ4v) is 11.5. The van der Waals surface area contributed by atoms with E-state index in [2.05, 4.69) is 50.6 Å². The van der Waals surface area contributed by atoms with Crippen LogP contribution in [0, 0.1) is 5.92 Å². The third kappa shape index (κ3) is 38.3. The van der Waals surface area contributed by atoms with E-state index in [9.17, 15) is 24.3 Å². The Kier molecular flexibility index (Phi) is 42.9. The van der Waals surface area contributed by atoms with Gasteiger partial charge in [0.05, 0.1) is 31.6 Å². The Morgan fingerprint density at radius 1 is 0.610 bits per heavy atom. The van der Waals surface area contributed by atoms with Gasteiger partial charge in [0.15, 0.2) is 6.10 Å². The topological polar surface area (TPSA) is 153 Å². The van der Waals surface area contributed by atoms with E-state index >= 15 is 0 Å². The maximum Gasteiger partial charge on any atom is 0.306 e. The molecule has 2 aliphatic heterocycles. The molecule has 2 heterocycles. The molecule has 0 aromatic heterocycles. The first-order valence-corrected chi connectivity index (χ1v) is 36.1. The molecule has 0 aromatic rings. The van der Waals surface area contributed by atoms with Gasteiger partial charge >= 0.3 is 11.9 Å². The van der Waals surface area contributed by atoms with Gasteiger partial charge < -0.3 is 43.9 Å². The summed E-state index contributed by atoms with van der Waals surface area (Å²) in [4.78, 5) is 58.0. The predicted octanol–water partition coefficient (Wildman–Crippen LogP) is 14.3. The van der Waals surface area contributed by atoms with Crippen LogP contribution in [0.15, 0.2) is 0 Å². The van der Waals surface area contributed by atoms with Gasteiger partial charge in [0.25, 0.3) is 0 Å². The molecular weight excluding hydrogens is 987 g/mol. The van der Waals surface area contributed by atoms with E-state index in [0.717, 1.165) is 83.3 Å². The smallest absolute Gasteiger partial charge is 0.306 e. The minimum atomic E-state index is -1.38. The number of piperazine rings is 1. The van der Waals surface area contributed by atoms with Crippen molar-refractivity contribution in [3.8, 4) is 0 Å². The van der Waals surface area contributed by atoms with Crippen LogP contribution in [0.3, 0.4) is 0 Å². The molecule has 2 N–H and O–H groups in total. The van der Waals surface area contributed by atoms with Crippen LogP contribution in [0.4, 0.5) is 0 Å². The number of aliphatic hydroxyl groups excluding tert-OH is 1. The molecule has 0 radical (unpaired) electrons. The summed E-state index contributed by atoms with van der Waals surface area (Å²) in [5, 5.41) is 15.0. The van der Waals surface area contributed by atoms with E-state index in [0.29, 0.717) is 19.7 Å². The summed E-state index contributed by atoms with van der Waals surface area (Å²) in [6, 6.07) is 0.197. The summed E-state index contributed by atoms with van der Waals surface area (Å²) >= 11 is 0. The molecule has 13 nitrogen and oxygen atoms in total. The molecule has 6 atom stereocenters. The second-order valence-corrected chi connectivity index (χ2v) is 30.3. The number of ether oxygens (including phenoxy) is 5. The van der Waals surface area contributed by atoms with Gasteiger partial charge in [-0.1, -0.05) is 233 Å². The number of carbonyl (C=O) groups excluding carboxylic acids is 4. The summed E-state index contributed by atoms with van der Waals surface area (Å²) in [7, 11) is 0.744. The van der Waals surface area contributed by atoms with Crippen molar-refractivity contribution in [3.63, 3.8) is 0 Å². The molecule has 1 unspecified atom stereocenters. The average Bonchev–Trinajstić information content (AvgIpc) is 3.40. The molecule has 0 aromatic carbocycles. The van der Waals surface area contributed by atoms with Crippen molar-refractivity contribution < 1.29 is 48.0 Å². The number of nitrogens with zero attached hydrogens (tertiary/aromatic N) is 2. The van der Waals surface area contributed by atoms with Crippen LogP contribution in [0.25, 0.3) is 0 Å². The second kappa shape index (κ2) is 46.5. The highest BCUT2D eigenvalue weighted by Crippen LogP contribution is 2.27. The standard InChI is InChI=1S/C63H121N3O10Si/c1-8-11-14-17-20-23-24-25-28-30-33-36-39-54(38-35-32-29-26-21-18-15-12-9-2)49-61(70)76-63-56(51-73-57(62(63)71)52-74-60(69)42-41-59(68)66-45-43-65(4)44-46-66)64-58(67)50-55(75-53-72-47-48-77(5,6)7)40-37-34-31-27-22-19-16-13-10-3/h54-57,62-63,71H,8-53H2,1-7H3,(H,64,67)/t54?,55-,56+,57-,62-,63-/m1/s1. The zero-order valence-corrected chi connectivity index (χ0v) is 52.0. The molecule has 2 amide bonds. The number of unbranched alkanes of at least 4 members (excludes halogenated alkanes) is 27. The Bertz CT molecular complexity index is 1460. The number of hydrogen-bond donors (Lipinski definition) is 2. The van der Waals surface area contributed by atoms with E-state index in [1.165, 1.54) is 148 Å². The zero-order valence-electron chi connectivity index (χ0n) is 51.0. The number of hydrogen-bond acceptors (Lipinski definition) is 11. The molecule has 2 rings (SSSR count). The lowest BCUT2D eigenvalue weighted by atomic mass is 9.91. The third-order valence-electron chi connectivity index (χ3n) is 16.1. The van der Waals surface area contributed by atoms with Crippen molar-refractivity contribution in [2.24, 2.45) is 5.92 Å². The maximum absolute atomic E-state index is 14.2. The Hall–Kier alpha value is -2.10. The molecule has 14 heteroatoms. The highest BCUT2D eigenvalue weighted by atomic mass is 28.3. The molecule has 0 spiro atoms. The summed E-state index contributed by atoms with van der Waals surface area (Å²) in [5.41, 5.74) is 0. The van der Waals surface area contributed by atoms with Crippen molar-refractivity contribution in [1.29, 1.82) is 0 Å². The fraction of sp³-hybridized carbons (Fsp3) is 0.937. The van der Waals surface area contributed by atoms with Crippen molar-refractivity contribution in [1.82, 2.24) is 15.1 Å². The molecule has 77 heavy (non-hydrogen) atoms. The number of nitrogens with one attached hydrogen (secondary N) is 1. The van der Waals surface area contributed by atoms with Gasteiger partial charge in [-0.2, -0.15) is 0 Å². The van der Waals surface area contributed by atoms with E-state index < -0.39 is 44.4 Å². The lowest BCUT2D eigenvalue weighted by Crippen LogP contribution is -2.61. The van der Waals surface area contributed by atoms with Gasteiger partial charge in [0, 0.05) is 53.7 Å². The maximum atomic E-state index is 14.2. The van der Waals surface area contributed by atoms with Crippen LogP contribution in [0.1, 0.15) is 258 Å². The van der Waals surface area contributed by atoms with Gasteiger partial charge in [-0.15, -0.1) is 0 Å². The number of aliphatic hydroxyl groups is 1. The lowest BCUT2D eigenvalue weighted by molar-refractivity contribution is -0.196. The number of carbonyl (C=O) groups is 4. The molecule has 0 saturated carbocycles. The molecule has 452 valence electrons. The van der Waals surface area contributed by atoms with E-state index in [1.54, 1.807) is 4.90 Å². The molecule has 0 aliphatic carbocycles. The minimum absolute atomic E-state index is 0.0405. The molecular formula is C63H121N3O10Si. The zero-order chi connectivity index (χ0) is 56.2. The predicted molar refractivity (Wildman–Crippen MR) is 318 cm³/mol. The first kappa shape index (κ1) is 71.0. The minimum Gasteiger partial charge on any atom is -0.463 e. The van der Waals surface area contributed by atoms with Crippen LogP contribution in [0.5, 0.6) is 0 Å². The summed E-state index contributed by atoms with van der Waals surface area (Å²) in [6.07, 6.45) is 36.4. The highest BCUT2D eigenvalue weighted by molar-refractivity contribution is 6.76. The van der Waals surface area contributed by atoms with Crippen LogP contribution in [-0.4, -0.2) is 137 Å². The number of rotatable bonds is 50. The third-order valence-corrected chi connectivity index (χ3v) is 17.8. The van der Waals surface area contributed by atoms with Gasteiger partial charge in [-0.25, -0.2) is 0 Å². The Balaban J connectivity index is 2.15. The van der Waals surface area contributed by atoms with Crippen molar-refractivity contribution >= 4 is 31.8 Å². The number of esters is 2. The lowest BCUT2D eigenvalue weighted by Gasteiger charge is -2.40. The normalized spacial score (nSPS) is 19.0. The van der Waals surface area contributed by atoms with E-state index in [-0.39, 0.29) is 69.5 Å². The van der Waals surface area contributed by atoms with Crippen LogP contribution in [0.2, 0.25) is 25.7 Å². The highest BCUT2D eigenvalue weighted by Gasteiger charge is 2.44. The Morgan fingerprint density at radius 3 is 1.56 bits per heavy atom. The Morgan fingerprint density at radius 2 is 1.08 bits per heavy atom. The van der Waals surface area contributed by atoms with Gasteiger partial charge in [0.1, 0.15) is 25.6 Å². The SMILES string of the molecule is CCCCCCCCCCCCCCC(CCCCCCCCCCC)CC(=O)O[C@H]1[C@H](O)[C@@H](COC(=O)CCC(=O)N2CCN(C)CC2)OC[C@@H]1NC(=O)C[C@@H](CCCCCCCCCCC)OCOCC[Si](C)(C)C. The largest absolute Gasteiger partial charge is 0.463 e. The Labute approximate surface area is 473 Å². The molecule has 2 aliphatic rings. The first-order chi connectivity index (χ1) is 37.3. The summed E-state index contributed by atoms with van der Waals surface area (Å²) in [5.74, 6) is -1.15. The first-order valence-electron chi connectivity index (χ1n) is 32.4. The number of likely N-dealkylation sites (N-methyl/N-ethyl adjacent to an activating group) is 1. The number of amides is 2. The van der Waals surface area contributed by atoms with Gasteiger partial charge in [-0.3, -0.25) is 19.2 Å². The van der Waals surface area contributed by atoms with Crippen LogP contribution in [-0.2, 0) is 42.9 Å². The van der Waals surface area contributed by atoms with Crippen LogP contribution < -0.4 is 5.32 Å². The second-order valence-electron chi connectivity index (χ2n) is 24.7. The van der Waals surface area contributed by atoms with Crippen molar-refractivity contribution in [2.45, 2.75) is 314 Å². The van der Waals surface area contributed by atoms with Gasteiger partial charge in [-0.05, 0) is 38.3 Å². The fourth-order valence-electron chi connectivity index (χ4n) is 10.7. The van der Waals surface area contributed by atoms with E-state index in [4.69, 9.17) is 23.7 Å². The molecule has 2 saturated heterocycles. The quantitative estimate of drug-likeness (QED) is 0.0259. The van der Waals surface area contributed by atoms with Crippen LogP contribution >= 0.6 is 0 Å².